The van der Waals surface area contributed by atoms with Crippen molar-refractivity contribution >= 4 is 28.0 Å². The average molecular weight is 384 g/mol. The lowest BCUT2D eigenvalue weighted by atomic mass is 10.0. The second-order valence-corrected chi connectivity index (χ2v) is 8.47. The van der Waals surface area contributed by atoms with E-state index in [1.54, 1.807) is 23.5 Å². The zero-order valence-corrected chi connectivity index (χ0v) is 16.9. The topological polar surface area (TPSA) is 64.0 Å². The van der Waals surface area contributed by atoms with Gasteiger partial charge in [-0.3, -0.25) is 9.59 Å². The molecule has 5 nitrogen and oxygen atoms in total. The van der Waals surface area contributed by atoms with Gasteiger partial charge in [0.15, 0.2) is 5.69 Å². The van der Waals surface area contributed by atoms with Gasteiger partial charge in [0.1, 0.15) is 0 Å². The number of fused-ring (bicyclic) bond motifs is 1. The van der Waals surface area contributed by atoms with Crippen molar-refractivity contribution in [1.29, 1.82) is 0 Å². The first-order chi connectivity index (χ1) is 12.9. The third-order valence-electron chi connectivity index (χ3n) is 4.42. The highest BCUT2D eigenvalue weighted by molar-refractivity contribution is 7.10. The van der Waals surface area contributed by atoms with Crippen molar-refractivity contribution in [2.45, 2.75) is 40.3 Å². The van der Waals surface area contributed by atoms with Gasteiger partial charge < -0.3 is 5.32 Å². The Morgan fingerprint density at radius 3 is 2.41 bits per heavy atom. The molecule has 27 heavy (non-hydrogen) atoms. The van der Waals surface area contributed by atoms with E-state index >= 15 is 0 Å². The number of hydrogen-bond acceptors (Lipinski definition) is 4. The van der Waals surface area contributed by atoms with Crippen LogP contribution in [0.3, 0.4) is 0 Å². The van der Waals surface area contributed by atoms with E-state index in [1.165, 1.54) is 4.68 Å². The Balaban J connectivity index is 2.05. The van der Waals surface area contributed by atoms with Crippen LogP contribution in [0.25, 0.3) is 10.8 Å². The van der Waals surface area contributed by atoms with E-state index in [9.17, 15) is 9.59 Å². The van der Waals surface area contributed by atoms with E-state index in [0.29, 0.717) is 23.0 Å². The standard InChI is InChI=1S/C21H25N3O2S/c1-13(2)12-24-21(26)16-9-6-5-8-15(16)19(23-24)20(25)22-18(14(3)4)17-10-7-11-27-17/h5-11,13-14,18H,12H2,1-4H3,(H,22,25)/t18-/m1/s1. The normalized spacial score (nSPS) is 12.7. The highest BCUT2D eigenvalue weighted by Gasteiger charge is 2.23. The second kappa shape index (κ2) is 8.05. The fraction of sp³-hybridized carbons (Fsp3) is 0.381. The van der Waals surface area contributed by atoms with E-state index < -0.39 is 0 Å². The molecule has 0 aliphatic rings. The minimum Gasteiger partial charge on any atom is -0.343 e. The molecule has 0 spiro atoms. The number of amides is 1. The number of aromatic nitrogens is 2. The molecule has 0 aliphatic heterocycles. The van der Waals surface area contributed by atoms with Crippen LogP contribution in [-0.2, 0) is 6.54 Å². The zero-order chi connectivity index (χ0) is 19.6. The van der Waals surface area contributed by atoms with Crippen molar-refractivity contribution in [3.63, 3.8) is 0 Å². The molecule has 0 saturated carbocycles. The molecule has 0 radical (unpaired) electrons. The van der Waals surface area contributed by atoms with Gasteiger partial charge in [0.2, 0.25) is 0 Å². The molecule has 1 aromatic carbocycles. The summed E-state index contributed by atoms with van der Waals surface area (Å²) in [4.78, 5) is 27.0. The molecule has 3 rings (SSSR count). The molecule has 3 aromatic rings. The molecule has 0 saturated heterocycles. The molecule has 0 fully saturated rings. The van der Waals surface area contributed by atoms with Crippen LogP contribution in [-0.4, -0.2) is 15.7 Å². The Morgan fingerprint density at radius 2 is 1.81 bits per heavy atom. The summed E-state index contributed by atoms with van der Waals surface area (Å²) in [6.07, 6.45) is 0. The number of carbonyl (C=O) groups is 1. The van der Waals surface area contributed by atoms with Crippen LogP contribution in [0.15, 0.2) is 46.6 Å². The largest absolute Gasteiger partial charge is 0.343 e. The van der Waals surface area contributed by atoms with Crippen LogP contribution < -0.4 is 10.9 Å². The molecule has 1 amide bonds. The van der Waals surface area contributed by atoms with Crippen LogP contribution in [0.1, 0.15) is 49.1 Å². The SMILES string of the molecule is CC(C)Cn1nc(C(=O)N[C@@H](c2cccs2)C(C)C)c2ccccc2c1=O. The Kier molecular flexibility index (Phi) is 5.75. The maximum atomic E-state index is 13.1. The first-order valence-electron chi connectivity index (χ1n) is 9.22. The number of nitrogens with zero attached hydrogens (tertiary/aromatic N) is 2. The van der Waals surface area contributed by atoms with Crippen molar-refractivity contribution in [2.75, 3.05) is 0 Å². The summed E-state index contributed by atoms with van der Waals surface area (Å²) in [7, 11) is 0. The Labute approximate surface area is 163 Å². The first kappa shape index (κ1) is 19.3. The van der Waals surface area contributed by atoms with Gasteiger partial charge in [-0.25, -0.2) is 4.68 Å². The summed E-state index contributed by atoms with van der Waals surface area (Å²) < 4.78 is 1.41. The highest BCUT2D eigenvalue weighted by Crippen LogP contribution is 2.26. The predicted molar refractivity (Wildman–Crippen MR) is 110 cm³/mol. The van der Waals surface area contributed by atoms with E-state index in [1.807, 2.05) is 43.5 Å². The minimum absolute atomic E-state index is 0.0939. The van der Waals surface area contributed by atoms with Crippen molar-refractivity contribution in [3.8, 4) is 0 Å². The quantitative estimate of drug-likeness (QED) is 0.692. The molecule has 0 bridgehead atoms. The smallest absolute Gasteiger partial charge is 0.274 e. The number of nitrogens with one attached hydrogen (secondary N) is 1. The van der Waals surface area contributed by atoms with E-state index in [2.05, 4.69) is 24.3 Å². The van der Waals surface area contributed by atoms with Crippen LogP contribution in [0.2, 0.25) is 0 Å². The van der Waals surface area contributed by atoms with Crippen molar-refractivity contribution < 1.29 is 4.79 Å². The number of benzene rings is 1. The molecule has 2 aromatic heterocycles. The third-order valence-corrected chi connectivity index (χ3v) is 5.38. The van der Waals surface area contributed by atoms with Gasteiger partial charge in [0, 0.05) is 16.8 Å². The zero-order valence-electron chi connectivity index (χ0n) is 16.1. The molecule has 142 valence electrons. The molecule has 1 N–H and O–H groups in total. The van der Waals surface area contributed by atoms with Crippen molar-refractivity contribution in [3.05, 3.63) is 62.7 Å². The minimum atomic E-state index is -0.254. The Morgan fingerprint density at radius 1 is 1.11 bits per heavy atom. The second-order valence-electron chi connectivity index (χ2n) is 7.49. The molecular formula is C21H25N3O2S. The summed E-state index contributed by atoms with van der Waals surface area (Å²) in [5, 5.41) is 10.7. The van der Waals surface area contributed by atoms with Crippen LogP contribution in [0, 0.1) is 11.8 Å². The van der Waals surface area contributed by atoms with Gasteiger partial charge in [-0.05, 0) is 29.3 Å². The summed E-state index contributed by atoms with van der Waals surface area (Å²) in [6.45, 7) is 8.68. The monoisotopic (exact) mass is 383 g/mol. The average Bonchev–Trinajstić information content (AvgIpc) is 3.15. The van der Waals surface area contributed by atoms with Gasteiger partial charge in [-0.15, -0.1) is 11.3 Å². The van der Waals surface area contributed by atoms with Crippen LogP contribution >= 0.6 is 11.3 Å². The van der Waals surface area contributed by atoms with Crippen LogP contribution in [0.5, 0.6) is 0 Å². The maximum absolute atomic E-state index is 13.1. The first-order valence-corrected chi connectivity index (χ1v) is 10.1. The van der Waals surface area contributed by atoms with Crippen molar-refractivity contribution in [2.24, 2.45) is 11.8 Å². The summed E-state index contributed by atoms with van der Waals surface area (Å²) in [6, 6.07) is 11.1. The maximum Gasteiger partial charge on any atom is 0.274 e. The third kappa shape index (κ3) is 4.11. The molecule has 0 aliphatic carbocycles. The van der Waals surface area contributed by atoms with E-state index in [0.717, 1.165) is 4.88 Å². The fourth-order valence-corrected chi connectivity index (χ4v) is 4.07. The number of carbonyl (C=O) groups excluding carboxylic acids is 1. The number of rotatable bonds is 6. The molecule has 2 heterocycles. The molecule has 0 unspecified atom stereocenters. The molecular weight excluding hydrogens is 358 g/mol. The lowest BCUT2D eigenvalue weighted by Crippen LogP contribution is -2.35. The van der Waals surface area contributed by atoms with Gasteiger partial charge in [0.25, 0.3) is 11.5 Å². The predicted octanol–water partition coefficient (Wildman–Crippen LogP) is 4.24. The van der Waals surface area contributed by atoms with E-state index in [4.69, 9.17) is 0 Å². The molecule has 6 heteroatoms. The van der Waals surface area contributed by atoms with Gasteiger partial charge in [-0.2, -0.15) is 5.10 Å². The number of hydrogen-bond donors (Lipinski definition) is 1. The fourth-order valence-electron chi connectivity index (χ4n) is 3.12. The summed E-state index contributed by atoms with van der Waals surface area (Å²) >= 11 is 1.62. The Hall–Kier alpha value is -2.47. The van der Waals surface area contributed by atoms with Crippen LogP contribution in [0.4, 0.5) is 0 Å². The van der Waals surface area contributed by atoms with Gasteiger partial charge in [-0.1, -0.05) is 52.0 Å². The highest BCUT2D eigenvalue weighted by atomic mass is 32.1. The van der Waals surface area contributed by atoms with Gasteiger partial charge in [0.05, 0.1) is 11.4 Å². The van der Waals surface area contributed by atoms with Crippen molar-refractivity contribution in [1.82, 2.24) is 15.1 Å². The summed E-state index contributed by atoms with van der Waals surface area (Å²) in [5.41, 5.74) is 0.141. The van der Waals surface area contributed by atoms with Gasteiger partial charge >= 0.3 is 0 Å². The van der Waals surface area contributed by atoms with E-state index in [-0.39, 0.29) is 29.3 Å². The summed E-state index contributed by atoms with van der Waals surface area (Å²) in [5.74, 6) is 0.234. The Bertz CT molecular complexity index is 990. The molecule has 1 atom stereocenters. The number of thiophene rings is 1. The lowest BCUT2D eigenvalue weighted by Gasteiger charge is -2.21. The lowest BCUT2D eigenvalue weighted by molar-refractivity contribution is 0.0920.